The standard InChI is InChI=1S/C12H14F3N3S/c1-7(6-19-2)18-10-4-3-8(16)5-9(10)17-11(18)12(13,14)15/h3-5,7H,6,16H2,1-2H3. The van der Waals surface area contributed by atoms with E-state index < -0.39 is 12.0 Å². The lowest BCUT2D eigenvalue weighted by atomic mass is 10.2. The molecule has 1 atom stereocenters. The predicted molar refractivity (Wildman–Crippen MR) is 72.2 cm³/mol. The molecule has 2 N–H and O–H groups in total. The molecule has 1 aromatic carbocycles. The van der Waals surface area contributed by atoms with Crippen LogP contribution in [0.25, 0.3) is 11.0 Å². The summed E-state index contributed by atoms with van der Waals surface area (Å²) >= 11 is 1.50. The smallest absolute Gasteiger partial charge is 0.399 e. The van der Waals surface area contributed by atoms with E-state index in [1.807, 2.05) is 6.26 Å². The van der Waals surface area contributed by atoms with Gasteiger partial charge in [0.2, 0.25) is 5.82 Å². The Balaban J connectivity index is 2.68. The minimum atomic E-state index is -4.47. The normalized spacial score (nSPS) is 13.9. The zero-order valence-corrected chi connectivity index (χ0v) is 11.3. The highest BCUT2D eigenvalue weighted by atomic mass is 32.2. The van der Waals surface area contributed by atoms with Gasteiger partial charge < -0.3 is 10.3 Å². The fourth-order valence-corrected chi connectivity index (χ4v) is 2.71. The van der Waals surface area contributed by atoms with Gasteiger partial charge in [-0.3, -0.25) is 0 Å². The number of benzene rings is 1. The molecule has 0 saturated carbocycles. The van der Waals surface area contributed by atoms with Crippen LogP contribution in [0.3, 0.4) is 0 Å². The van der Waals surface area contributed by atoms with Crippen LogP contribution in [-0.4, -0.2) is 21.6 Å². The van der Waals surface area contributed by atoms with Crippen molar-refractivity contribution in [2.24, 2.45) is 0 Å². The highest BCUT2D eigenvalue weighted by Gasteiger charge is 2.38. The minimum Gasteiger partial charge on any atom is -0.399 e. The zero-order valence-electron chi connectivity index (χ0n) is 10.5. The molecule has 0 amide bonds. The molecule has 104 valence electrons. The van der Waals surface area contributed by atoms with E-state index in [9.17, 15) is 13.2 Å². The second kappa shape index (κ2) is 4.96. The van der Waals surface area contributed by atoms with Gasteiger partial charge in [0, 0.05) is 17.5 Å². The van der Waals surface area contributed by atoms with E-state index >= 15 is 0 Å². The first-order valence-corrected chi connectivity index (χ1v) is 7.07. The number of alkyl halides is 3. The first kappa shape index (κ1) is 14.0. The number of nitrogens with two attached hydrogens (primary N) is 1. The Kier molecular flexibility index (Phi) is 3.66. The number of anilines is 1. The van der Waals surface area contributed by atoms with Gasteiger partial charge in [0.15, 0.2) is 0 Å². The van der Waals surface area contributed by atoms with E-state index in [1.165, 1.54) is 22.4 Å². The third-order valence-corrected chi connectivity index (χ3v) is 3.63. The van der Waals surface area contributed by atoms with Gasteiger partial charge >= 0.3 is 6.18 Å². The Bertz CT molecular complexity index is 592. The van der Waals surface area contributed by atoms with Gasteiger partial charge in [-0.2, -0.15) is 24.9 Å². The number of aromatic nitrogens is 2. The molecule has 7 heteroatoms. The third kappa shape index (κ3) is 2.65. The van der Waals surface area contributed by atoms with Crippen molar-refractivity contribution in [3.63, 3.8) is 0 Å². The van der Waals surface area contributed by atoms with Crippen molar-refractivity contribution in [1.82, 2.24) is 9.55 Å². The number of hydrogen-bond donors (Lipinski definition) is 1. The van der Waals surface area contributed by atoms with Gasteiger partial charge in [-0.15, -0.1) is 0 Å². The Morgan fingerprint density at radius 1 is 1.42 bits per heavy atom. The second-order valence-electron chi connectivity index (χ2n) is 4.36. The van der Waals surface area contributed by atoms with E-state index in [1.54, 1.807) is 19.1 Å². The lowest BCUT2D eigenvalue weighted by Crippen LogP contribution is -2.19. The Hall–Kier alpha value is -1.37. The Labute approximate surface area is 113 Å². The summed E-state index contributed by atoms with van der Waals surface area (Å²) in [6, 6.07) is 4.35. The molecular weight excluding hydrogens is 275 g/mol. The summed E-state index contributed by atoms with van der Waals surface area (Å²) in [5, 5.41) is 0. The number of nitrogens with zero attached hydrogens (tertiary/aromatic N) is 2. The molecule has 0 saturated heterocycles. The van der Waals surface area contributed by atoms with Crippen molar-refractivity contribution >= 4 is 28.5 Å². The molecule has 0 aliphatic carbocycles. The highest BCUT2D eigenvalue weighted by Crippen LogP contribution is 2.34. The van der Waals surface area contributed by atoms with E-state index in [4.69, 9.17) is 5.73 Å². The van der Waals surface area contributed by atoms with Crippen LogP contribution in [-0.2, 0) is 6.18 Å². The maximum absolute atomic E-state index is 13.1. The van der Waals surface area contributed by atoms with Crippen LogP contribution in [0.4, 0.5) is 18.9 Å². The third-order valence-electron chi connectivity index (χ3n) is 2.82. The first-order valence-electron chi connectivity index (χ1n) is 5.68. The van der Waals surface area contributed by atoms with Crippen molar-refractivity contribution in [2.75, 3.05) is 17.7 Å². The van der Waals surface area contributed by atoms with Gasteiger partial charge in [0.05, 0.1) is 11.0 Å². The summed E-state index contributed by atoms with van der Waals surface area (Å²) in [5.41, 5.74) is 6.74. The largest absolute Gasteiger partial charge is 0.449 e. The van der Waals surface area contributed by atoms with Crippen LogP contribution in [0.5, 0.6) is 0 Å². The lowest BCUT2D eigenvalue weighted by Gasteiger charge is -2.17. The first-order chi connectivity index (χ1) is 8.84. The molecule has 0 fully saturated rings. The molecule has 1 heterocycles. The van der Waals surface area contributed by atoms with Gasteiger partial charge in [0.1, 0.15) is 0 Å². The molecule has 3 nitrogen and oxygen atoms in total. The molecule has 0 aliphatic heterocycles. The van der Waals surface area contributed by atoms with Crippen molar-refractivity contribution in [2.45, 2.75) is 19.1 Å². The fraction of sp³-hybridized carbons (Fsp3) is 0.417. The van der Waals surface area contributed by atoms with Crippen molar-refractivity contribution < 1.29 is 13.2 Å². The van der Waals surface area contributed by atoms with Gasteiger partial charge in [-0.25, -0.2) is 4.98 Å². The number of imidazole rings is 1. The number of nitrogen functional groups attached to an aromatic ring is 1. The molecule has 0 aliphatic rings. The summed E-state index contributed by atoms with van der Waals surface area (Å²) in [6.45, 7) is 1.75. The SMILES string of the molecule is CSCC(C)n1c(C(F)(F)F)nc2cc(N)ccc21. The quantitative estimate of drug-likeness (QED) is 0.879. The second-order valence-corrected chi connectivity index (χ2v) is 5.27. The van der Waals surface area contributed by atoms with Gasteiger partial charge in [-0.1, -0.05) is 0 Å². The van der Waals surface area contributed by atoms with Crippen LogP contribution in [0.15, 0.2) is 18.2 Å². The monoisotopic (exact) mass is 289 g/mol. The number of rotatable bonds is 3. The number of hydrogen-bond acceptors (Lipinski definition) is 3. The maximum atomic E-state index is 13.1. The molecule has 2 rings (SSSR count). The van der Waals surface area contributed by atoms with E-state index in [0.29, 0.717) is 17.0 Å². The van der Waals surface area contributed by atoms with Gasteiger partial charge in [0.25, 0.3) is 0 Å². The molecule has 0 spiro atoms. The van der Waals surface area contributed by atoms with E-state index in [2.05, 4.69) is 4.98 Å². The van der Waals surface area contributed by atoms with Crippen molar-refractivity contribution in [3.8, 4) is 0 Å². The number of fused-ring (bicyclic) bond motifs is 1. The van der Waals surface area contributed by atoms with E-state index in [0.717, 1.165) is 0 Å². The highest BCUT2D eigenvalue weighted by molar-refractivity contribution is 7.98. The number of halogens is 3. The summed E-state index contributed by atoms with van der Waals surface area (Å²) in [5.74, 6) is -0.284. The lowest BCUT2D eigenvalue weighted by molar-refractivity contribution is -0.147. The molecule has 1 unspecified atom stereocenters. The molecule has 0 bridgehead atoms. The average Bonchev–Trinajstić information content (AvgIpc) is 2.67. The Morgan fingerprint density at radius 3 is 2.68 bits per heavy atom. The topological polar surface area (TPSA) is 43.8 Å². The van der Waals surface area contributed by atoms with Crippen LogP contribution >= 0.6 is 11.8 Å². The van der Waals surface area contributed by atoms with E-state index in [-0.39, 0.29) is 11.6 Å². The maximum Gasteiger partial charge on any atom is 0.449 e. The molecule has 1 aromatic heterocycles. The van der Waals surface area contributed by atoms with Crippen LogP contribution in [0.2, 0.25) is 0 Å². The molecular formula is C12H14F3N3S. The number of thioether (sulfide) groups is 1. The minimum absolute atomic E-state index is 0.278. The summed E-state index contributed by atoms with van der Waals surface area (Å²) in [7, 11) is 0. The van der Waals surface area contributed by atoms with Gasteiger partial charge in [-0.05, 0) is 31.4 Å². The van der Waals surface area contributed by atoms with Crippen LogP contribution in [0, 0.1) is 0 Å². The van der Waals surface area contributed by atoms with Crippen molar-refractivity contribution in [1.29, 1.82) is 0 Å². The molecule has 0 radical (unpaired) electrons. The molecule has 19 heavy (non-hydrogen) atoms. The summed E-state index contributed by atoms with van der Waals surface area (Å²) in [4.78, 5) is 3.70. The zero-order chi connectivity index (χ0) is 14.2. The average molecular weight is 289 g/mol. The molecule has 2 aromatic rings. The summed E-state index contributed by atoms with van der Waals surface area (Å²) < 4.78 is 40.4. The van der Waals surface area contributed by atoms with Crippen LogP contribution < -0.4 is 5.73 Å². The predicted octanol–water partition coefficient (Wildman–Crippen LogP) is 3.56. The Morgan fingerprint density at radius 2 is 2.11 bits per heavy atom. The van der Waals surface area contributed by atoms with Crippen molar-refractivity contribution in [3.05, 3.63) is 24.0 Å². The fourth-order valence-electron chi connectivity index (χ4n) is 2.08. The summed E-state index contributed by atoms with van der Waals surface area (Å²) in [6.07, 6.45) is -2.61. The van der Waals surface area contributed by atoms with Crippen LogP contribution in [0.1, 0.15) is 18.8 Å².